The number of carbonyl (C=O) groups excluding carboxylic acids is 4. The smallest absolute Gasteiger partial charge is 0.383 e. The SMILES string of the molecule is CCOc1c(O)c2ccc(O[C@H]3O[C@H](COC(C)=O)[C@@H](OC(C)=O)[C@H](OC(C)=O)[C@@H]3OC(C)=O)cc2oc1=O. The molecule has 14 nitrogen and oxygen atoms in total. The Labute approximate surface area is 221 Å². The molecule has 0 bridgehead atoms. The number of fused-ring (bicyclic) bond motifs is 1. The largest absolute Gasteiger partial charge is 0.504 e. The van der Waals surface area contributed by atoms with Gasteiger partial charge in [-0.05, 0) is 19.1 Å². The van der Waals surface area contributed by atoms with Crippen LogP contribution in [0.5, 0.6) is 17.2 Å². The molecule has 1 N–H and O–H groups in total. The van der Waals surface area contributed by atoms with Gasteiger partial charge in [0.25, 0.3) is 0 Å². The first-order valence-corrected chi connectivity index (χ1v) is 11.8. The van der Waals surface area contributed by atoms with Gasteiger partial charge >= 0.3 is 29.5 Å². The van der Waals surface area contributed by atoms with Crippen LogP contribution in [-0.4, -0.2) is 72.9 Å². The second-order valence-corrected chi connectivity index (χ2v) is 8.34. The van der Waals surface area contributed by atoms with Crippen LogP contribution >= 0.6 is 0 Å². The predicted octanol–water partition coefficient (Wildman–Crippen LogP) is 1.36. The van der Waals surface area contributed by atoms with Gasteiger partial charge in [-0.3, -0.25) is 19.2 Å². The number of benzene rings is 1. The van der Waals surface area contributed by atoms with E-state index < -0.39 is 72.6 Å². The van der Waals surface area contributed by atoms with Crippen molar-refractivity contribution in [1.82, 2.24) is 0 Å². The van der Waals surface area contributed by atoms with E-state index >= 15 is 0 Å². The van der Waals surface area contributed by atoms with Gasteiger partial charge in [-0.25, -0.2) is 4.79 Å². The first kappa shape index (κ1) is 29.2. The maximum absolute atomic E-state index is 12.3. The molecule has 0 radical (unpaired) electrons. The van der Waals surface area contributed by atoms with Crippen LogP contribution in [0.1, 0.15) is 34.6 Å². The fourth-order valence-corrected chi connectivity index (χ4v) is 3.91. The lowest BCUT2D eigenvalue weighted by Gasteiger charge is -2.43. The van der Waals surface area contributed by atoms with Crippen LogP contribution in [0.3, 0.4) is 0 Å². The van der Waals surface area contributed by atoms with Crippen LogP contribution in [0.15, 0.2) is 27.4 Å². The second kappa shape index (κ2) is 12.5. The lowest BCUT2D eigenvalue weighted by Crippen LogP contribution is -2.63. The zero-order valence-corrected chi connectivity index (χ0v) is 21.8. The maximum atomic E-state index is 12.3. The van der Waals surface area contributed by atoms with Crippen molar-refractivity contribution < 1.29 is 61.9 Å². The van der Waals surface area contributed by atoms with E-state index in [2.05, 4.69) is 0 Å². The summed E-state index contributed by atoms with van der Waals surface area (Å²) in [6.07, 6.45) is -6.94. The minimum Gasteiger partial charge on any atom is -0.504 e. The molecule has 2 aromatic rings. The third kappa shape index (κ3) is 7.16. The topological polar surface area (TPSA) is 183 Å². The highest BCUT2D eigenvalue weighted by Gasteiger charge is 2.53. The van der Waals surface area contributed by atoms with Gasteiger partial charge in [0.05, 0.1) is 12.0 Å². The van der Waals surface area contributed by atoms with Crippen molar-refractivity contribution in [2.24, 2.45) is 0 Å². The van der Waals surface area contributed by atoms with E-state index in [4.69, 9.17) is 37.6 Å². The Bertz CT molecular complexity index is 1300. The van der Waals surface area contributed by atoms with Gasteiger partial charge in [0, 0.05) is 33.8 Å². The van der Waals surface area contributed by atoms with Crippen molar-refractivity contribution in [3.05, 3.63) is 28.6 Å². The summed E-state index contributed by atoms with van der Waals surface area (Å²) in [5.74, 6) is -3.79. The molecule has 0 unspecified atom stereocenters. The molecule has 1 aromatic heterocycles. The number of aromatic hydroxyl groups is 1. The Morgan fingerprint density at radius 3 is 2.10 bits per heavy atom. The van der Waals surface area contributed by atoms with Crippen LogP contribution in [0.25, 0.3) is 11.0 Å². The molecule has 3 rings (SSSR count). The Morgan fingerprint density at radius 1 is 0.897 bits per heavy atom. The summed E-state index contributed by atoms with van der Waals surface area (Å²) in [4.78, 5) is 59.5. The quantitative estimate of drug-likeness (QED) is 0.267. The zero-order chi connectivity index (χ0) is 28.9. The van der Waals surface area contributed by atoms with Crippen LogP contribution in [0.2, 0.25) is 0 Å². The number of esters is 4. The molecule has 1 fully saturated rings. The fourth-order valence-electron chi connectivity index (χ4n) is 3.91. The highest BCUT2D eigenvalue weighted by atomic mass is 16.7. The number of carbonyl (C=O) groups is 4. The molecule has 0 amide bonds. The molecule has 0 aliphatic carbocycles. The predicted molar refractivity (Wildman–Crippen MR) is 128 cm³/mol. The van der Waals surface area contributed by atoms with Gasteiger partial charge in [-0.15, -0.1) is 0 Å². The van der Waals surface area contributed by atoms with Crippen molar-refractivity contribution in [1.29, 1.82) is 0 Å². The maximum Gasteiger partial charge on any atom is 0.383 e. The minimum absolute atomic E-state index is 0.0232. The van der Waals surface area contributed by atoms with E-state index in [0.717, 1.165) is 27.7 Å². The first-order chi connectivity index (χ1) is 18.4. The molecular formula is C25H28O14. The molecule has 14 heteroatoms. The summed E-state index contributed by atoms with van der Waals surface area (Å²) in [6.45, 7) is 5.76. The highest BCUT2D eigenvalue weighted by Crippen LogP contribution is 2.35. The molecule has 0 saturated carbocycles. The minimum atomic E-state index is -1.49. The van der Waals surface area contributed by atoms with E-state index in [9.17, 15) is 29.1 Å². The average molecular weight is 552 g/mol. The third-order valence-electron chi connectivity index (χ3n) is 5.30. The van der Waals surface area contributed by atoms with Crippen LogP contribution in [0, 0.1) is 0 Å². The summed E-state index contributed by atoms with van der Waals surface area (Å²) in [5, 5.41) is 10.6. The van der Waals surface area contributed by atoms with Crippen molar-refractivity contribution in [3.8, 4) is 17.2 Å². The molecule has 0 spiro atoms. The highest BCUT2D eigenvalue weighted by molar-refractivity contribution is 5.86. The average Bonchev–Trinajstić information content (AvgIpc) is 2.83. The van der Waals surface area contributed by atoms with Gasteiger partial charge in [-0.1, -0.05) is 0 Å². The van der Waals surface area contributed by atoms with E-state index in [1.165, 1.54) is 18.2 Å². The number of hydrogen-bond donors (Lipinski definition) is 1. The normalized spacial score (nSPS) is 22.4. The molecule has 1 aliphatic rings. The molecule has 5 atom stereocenters. The number of ether oxygens (including phenoxy) is 7. The standard InChI is InChI=1S/C25H28O14/c1-6-32-21-19(30)16-8-7-15(9-17(16)38-24(21)31)37-25-23(36-14(5)29)22(35-13(4)28)20(34-12(3)27)18(39-25)10-33-11(2)26/h7-9,18,20,22-23,25,30H,6,10H2,1-5H3/t18-,20-,22+,23+,25+/m1/s1. The van der Waals surface area contributed by atoms with Gasteiger partial charge in [-0.2, -0.15) is 0 Å². The molecule has 1 saturated heterocycles. The summed E-state index contributed by atoms with van der Waals surface area (Å²) in [7, 11) is 0. The molecular weight excluding hydrogens is 524 g/mol. The van der Waals surface area contributed by atoms with Gasteiger partial charge in [0.2, 0.25) is 18.1 Å². The van der Waals surface area contributed by atoms with Crippen LogP contribution in [0.4, 0.5) is 0 Å². The van der Waals surface area contributed by atoms with Crippen LogP contribution in [-0.2, 0) is 42.9 Å². The summed E-state index contributed by atoms with van der Waals surface area (Å²) < 4.78 is 43.2. The Morgan fingerprint density at radius 2 is 1.51 bits per heavy atom. The van der Waals surface area contributed by atoms with Crippen molar-refractivity contribution in [2.45, 2.75) is 65.3 Å². The molecule has 39 heavy (non-hydrogen) atoms. The molecule has 2 heterocycles. The first-order valence-electron chi connectivity index (χ1n) is 11.8. The van der Waals surface area contributed by atoms with Crippen molar-refractivity contribution >= 4 is 34.8 Å². The summed E-state index contributed by atoms with van der Waals surface area (Å²) in [6, 6.07) is 4.04. The summed E-state index contributed by atoms with van der Waals surface area (Å²) in [5.41, 5.74) is -0.990. The lowest BCUT2D eigenvalue weighted by atomic mass is 9.98. The number of hydrogen-bond acceptors (Lipinski definition) is 14. The Hall–Kier alpha value is -4.33. The third-order valence-corrected chi connectivity index (χ3v) is 5.30. The van der Waals surface area contributed by atoms with E-state index in [1.807, 2.05) is 0 Å². The molecule has 1 aliphatic heterocycles. The van der Waals surface area contributed by atoms with E-state index in [0.29, 0.717) is 0 Å². The Balaban J connectivity index is 2.03. The van der Waals surface area contributed by atoms with E-state index in [1.54, 1.807) is 6.92 Å². The fraction of sp³-hybridized carbons (Fsp3) is 0.480. The summed E-state index contributed by atoms with van der Waals surface area (Å²) >= 11 is 0. The lowest BCUT2D eigenvalue weighted by molar-refractivity contribution is -0.288. The van der Waals surface area contributed by atoms with Gasteiger partial charge < -0.3 is 42.7 Å². The van der Waals surface area contributed by atoms with Gasteiger partial charge in [0.1, 0.15) is 24.0 Å². The zero-order valence-electron chi connectivity index (χ0n) is 21.8. The monoisotopic (exact) mass is 552 g/mol. The van der Waals surface area contributed by atoms with Gasteiger partial charge in [0.15, 0.2) is 18.0 Å². The van der Waals surface area contributed by atoms with E-state index in [-0.39, 0.29) is 29.1 Å². The van der Waals surface area contributed by atoms with Crippen LogP contribution < -0.4 is 15.1 Å². The number of rotatable bonds is 9. The molecule has 1 aromatic carbocycles. The molecule has 212 valence electrons. The Kier molecular flexibility index (Phi) is 9.35. The second-order valence-electron chi connectivity index (χ2n) is 8.34. The van der Waals surface area contributed by atoms with Crippen molar-refractivity contribution in [2.75, 3.05) is 13.2 Å². The van der Waals surface area contributed by atoms with Crippen molar-refractivity contribution in [3.63, 3.8) is 0 Å².